The van der Waals surface area contributed by atoms with E-state index in [9.17, 15) is 18.0 Å². The summed E-state index contributed by atoms with van der Waals surface area (Å²) >= 11 is 0. The van der Waals surface area contributed by atoms with E-state index in [1.807, 2.05) is 24.4 Å². The van der Waals surface area contributed by atoms with Crippen LogP contribution in [0.4, 0.5) is 13.2 Å². The lowest BCUT2D eigenvalue weighted by atomic mass is 10.2. The van der Waals surface area contributed by atoms with Gasteiger partial charge in [0, 0.05) is 20.3 Å². The van der Waals surface area contributed by atoms with Crippen molar-refractivity contribution in [2.24, 2.45) is 0 Å². The molecule has 0 unspecified atom stereocenters. The van der Waals surface area contributed by atoms with Gasteiger partial charge in [-0.25, -0.2) is 9.31 Å². The lowest BCUT2D eigenvalue weighted by Gasteiger charge is -2.08. The van der Waals surface area contributed by atoms with Crippen LogP contribution < -0.4 is 0 Å². The van der Waals surface area contributed by atoms with Gasteiger partial charge in [-0.05, 0) is 12.1 Å². The van der Waals surface area contributed by atoms with E-state index in [0.29, 0.717) is 5.56 Å². The number of hydrogen-bond donors (Lipinski definition) is 1. The highest BCUT2D eigenvalue weighted by molar-refractivity contribution is 6.00. The molecule has 0 saturated carbocycles. The van der Waals surface area contributed by atoms with Gasteiger partial charge in [0.1, 0.15) is 0 Å². The second-order valence-corrected chi connectivity index (χ2v) is 4.09. The highest BCUT2D eigenvalue weighted by Crippen LogP contribution is 2.13. The zero-order valence-corrected chi connectivity index (χ0v) is 11.1. The Morgan fingerprint density at radius 3 is 2.33 bits per heavy atom. The fourth-order valence-corrected chi connectivity index (χ4v) is 1.34. The Hall–Kier alpha value is -2.58. The highest BCUT2D eigenvalue weighted by atomic mass is 19.4. The van der Waals surface area contributed by atoms with Gasteiger partial charge in [-0.1, -0.05) is 6.07 Å². The molecule has 0 spiro atoms. The summed E-state index contributed by atoms with van der Waals surface area (Å²) in [6, 6.07) is 5.65. The molecule has 1 N–H and O–H groups in total. The van der Waals surface area contributed by atoms with Crippen molar-refractivity contribution in [3.8, 4) is 0 Å². The van der Waals surface area contributed by atoms with Crippen molar-refractivity contribution in [2.45, 2.75) is 6.18 Å². The van der Waals surface area contributed by atoms with E-state index in [-0.39, 0.29) is 5.91 Å². The van der Waals surface area contributed by atoms with Gasteiger partial charge in [0.25, 0.3) is 5.91 Å². The molecule has 0 atom stereocenters. The molecule has 0 aliphatic rings. The summed E-state index contributed by atoms with van der Waals surface area (Å²) in [6.07, 6.45) is -1.67. The smallest absolute Gasteiger partial charge is 0.475 e. The van der Waals surface area contributed by atoms with Crippen LogP contribution in [-0.2, 0) is 4.79 Å². The third kappa shape index (κ3) is 4.20. The van der Waals surface area contributed by atoms with Gasteiger partial charge in [-0.3, -0.25) is 4.79 Å². The molecule has 9 heteroatoms. The molecule has 6 nitrogen and oxygen atoms in total. The third-order valence-electron chi connectivity index (χ3n) is 2.31. The number of rotatable bonds is 1. The molecule has 2 rings (SSSR count). The van der Waals surface area contributed by atoms with Crippen molar-refractivity contribution in [2.75, 3.05) is 14.1 Å². The van der Waals surface area contributed by atoms with Crippen LogP contribution in [0.3, 0.4) is 0 Å². The quantitative estimate of drug-likeness (QED) is 0.869. The predicted octanol–water partition coefficient (Wildman–Crippen LogP) is 1.67. The largest absolute Gasteiger partial charge is 0.490 e. The van der Waals surface area contributed by atoms with Gasteiger partial charge in [0.2, 0.25) is 0 Å². The number of halogens is 3. The lowest BCUT2D eigenvalue weighted by molar-refractivity contribution is -0.192. The maximum absolute atomic E-state index is 11.7. The molecular formula is C12H12F3N3O3. The topological polar surface area (TPSA) is 74.9 Å². The average molecular weight is 303 g/mol. The number of aliphatic carboxylic acids is 1. The van der Waals surface area contributed by atoms with E-state index in [0.717, 1.165) is 5.52 Å². The van der Waals surface area contributed by atoms with E-state index in [4.69, 9.17) is 9.90 Å². The van der Waals surface area contributed by atoms with Gasteiger partial charge < -0.3 is 10.0 Å². The van der Waals surface area contributed by atoms with Crippen molar-refractivity contribution in [3.63, 3.8) is 0 Å². The van der Waals surface area contributed by atoms with Gasteiger partial charge in [-0.15, -0.1) is 0 Å². The molecule has 0 saturated heterocycles. The number of fused-ring (bicyclic) bond motifs is 1. The van der Waals surface area contributed by atoms with Crippen LogP contribution in [0.2, 0.25) is 0 Å². The van der Waals surface area contributed by atoms with Crippen LogP contribution in [0, 0.1) is 0 Å². The molecule has 2 heterocycles. The summed E-state index contributed by atoms with van der Waals surface area (Å²) in [5.74, 6) is -2.78. The van der Waals surface area contributed by atoms with Crippen molar-refractivity contribution >= 4 is 17.4 Å². The number of aromatic nitrogens is 2. The Balaban J connectivity index is 0.000000270. The predicted molar refractivity (Wildman–Crippen MR) is 66.9 cm³/mol. The molecule has 21 heavy (non-hydrogen) atoms. The van der Waals surface area contributed by atoms with E-state index in [1.165, 1.54) is 0 Å². The number of pyridine rings is 1. The first-order chi connectivity index (χ1) is 9.64. The maximum Gasteiger partial charge on any atom is 0.490 e. The average Bonchev–Trinajstić information content (AvgIpc) is 2.81. The number of nitrogens with zero attached hydrogens (tertiary/aromatic N) is 3. The third-order valence-corrected chi connectivity index (χ3v) is 2.31. The van der Waals surface area contributed by atoms with Crippen LogP contribution in [0.1, 0.15) is 10.4 Å². The molecular weight excluding hydrogens is 291 g/mol. The van der Waals surface area contributed by atoms with E-state index < -0.39 is 12.1 Å². The van der Waals surface area contributed by atoms with E-state index in [2.05, 4.69) is 5.10 Å². The van der Waals surface area contributed by atoms with Gasteiger partial charge in [0.15, 0.2) is 0 Å². The zero-order chi connectivity index (χ0) is 16.2. The maximum atomic E-state index is 11.7. The Kier molecular flexibility index (Phi) is 4.90. The Bertz CT molecular complexity index is 650. The molecule has 0 aromatic carbocycles. The number of carbonyl (C=O) groups excluding carboxylic acids is 1. The summed E-state index contributed by atoms with van der Waals surface area (Å²) in [7, 11) is 3.46. The Morgan fingerprint density at radius 2 is 1.86 bits per heavy atom. The molecule has 0 bridgehead atoms. The SMILES string of the molecule is CN(C)C(=O)c1cnn2ccccc12.O=C(O)C(F)(F)F. The van der Waals surface area contributed by atoms with Gasteiger partial charge in [-0.2, -0.15) is 18.3 Å². The number of hydrogen-bond acceptors (Lipinski definition) is 3. The molecule has 0 aliphatic carbocycles. The second kappa shape index (κ2) is 6.25. The van der Waals surface area contributed by atoms with Gasteiger partial charge in [0.05, 0.1) is 17.3 Å². The molecule has 2 aromatic heterocycles. The van der Waals surface area contributed by atoms with Crippen LogP contribution >= 0.6 is 0 Å². The first-order valence-electron chi connectivity index (χ1n) is 5.58. The minimum absolute atomic E-state index is 0.0220. The molecule has 0 fully saturated rings. The van der Waals surface area contributed by atoms with E-state index >= 15 is 0 Å². The minimum atomic E-state index is -5.08. The lowest BCUT2D eigenvalue weighted by Crippen LogP contribution is -2.21. The summed E-state index contributed by atoms with van der Waals surface area (Å²) < 4.78 is 33.4. The zero-order valence-electron chi connectivity index (χ0n) is 11.1. The first kappa shape index (κ1) is 16.5. The molecule has 114 valence electrons. The normalized spacial score (nSPS) is 10.7. The van der Waals surface area contributed by atoms with Crippen LogP contribution in [0.5, 0.6) is 0 Å². The fraction of sp³-hybridized carbons (Fsp3) is 0.250. The van der Waals surface area contributed by atoms with Crippen LogP contribution in [0.15, 0.2) is 30.6 Å². The monoisotopic (exact) mass is 303 g/mol. The second-order valence-electron chi connectivity index (χ2n) is 4.09. The Labute approximate surface area is 117 Å². The van der Waals surface area contributed by atoms with E-state index in [1.54, 1.807) is 29.7 Å². The molecule has 0 aliphatic heterocycles. The van der Waals surface area contributed by atoms with Crippen molar-refractivity contribution in [1.29, 1.82) is 0 Å². The number of carboxylic acids is 1. The summed E-state index contributed by atoms with van der Waals surface area (Å²) in [4.78, 5) is 22.1. The molecule has 0 radical (unpaired) electrons. The number of carbonyl (C=O) groups is 2. The Morgan fingerprint density at radius 1 is 1.29 bits per heavy atom. The molecule has 1 amide bonds. The standard InChI is InChI=1S/C10H11N3O.C2HF3O2/c1-12(2)10(14)8-7-11-13-6-4-3-5-9(8)13;3-2(4,5)1(6)7/h3-7H,1-2H3;(H,6,7). The number of carboxylic acid groups (broad SMARTS) is 1. The van der Waals surface area contributed by atoms with Crippen LogP contribution in [-0.4, -0.2) is 51.8 Å². The fourth-order valence-electron chi connectivity index (χ4n) is 1.34. The highest BCUT2D eigenvalue weighted by Gasteiger charge is 2.38. The summed E-state index contributed by atoms with van der Waals surface area (Å²) in [5, 5.41) is 11.2. The minimum Gasteiger partial charge on any atom is -0.475 e. The summed E-state index contributed by atoms with van der Waals surface area (Å²) in [6.45, 7) is 0. The summed E-state index contributed by atoms with van der Waals surface area (Å²) in [5.41, 5.74) is 1.47. The van der Waals surface area contributed by atoms with Crippen molar-refractivity contribution < 1.29 is 27.9 Å². The molecule has 2 aromatic rings. The first-order valence-corrected chi connectivity index (χ1v) is 5.58. The number of alkyl halides is 3. The van der Waals surface area contributed by atoms with Crippen molar-refractivity contribution in [3.05, 3.63) is 36.2 Å². The van der Waals surface area contributed by atoms with Gasteiger partial charge >= 0.3 is 12.1 Å². The van der Waals surface area contributed by atoms with Crippen molar-refractivity contribution in [1.82, 2.24) is 14.5 Å². The number of amides is 1. The van der Waals surface area contributed by atoms with Crippen LogP contribution in [0.25, 0.3) is 5.52 Å².